The number of hydrogen-bond acceptors (Lipinski definition) is 5. The van der Waals surface area contributed by atoms with E-state index in [2.05, 4.69) is 12.2 Å². The van der Waals surface area contributed by atoms with E-state index in [9.17, 15) is 15.3 Å². The number of aliphatic hydroxyl groups is 4. The van der Waals surface area contributed by atoms with Gasteiger partial charge in [-0.25, -0.2) is 0 Å². The molecular formula is C16H33NO4. The van der Waals surface area contributed by atoms with Crippen LogP contribution in [-0.4, -0.2) is 57.4 Å². The number of nitrogens with one attached hydrogen (secondary N) is 1. The fourth-order valence-corrected chi connectivity index (χ4v) is 3.06. The molecule has 1 aliphatic rings. The Morgan fingerprint density at radius 2 is 1.48 bits per heavy atom. The van der Waals surface area contributed by atoms with Gasteiger partial charge in [-0.1, -0.05) is 58.3 Å². The highest BCUT2D eigenvalue weighted by Crippen LogP contribution is 2.20. The van der Waals surface area contributed by atoms with E-state index in [4.69, 9.17) is 5.11 Å². The van der Waals surface area contributed by atoms with E-state index in [1.807, 2.05) is 0 Å². The van der Waals surface area contributed by atoms with E-state index in [1.54, 1.807) is 0 Å². The molecule has 0 aliphatic carbocycles. The highest BCUT2D eigenvalue weighted by atomic mass is 16.3. The van der Waals surface area contributed by atoms with Gasteiger partial charge in [-0.05, 0) is 6.42 Å². The van der Waals surface area contributed by atoms with Gasteiger partial charge in [0.1, 0.15) is 0 Å². The second-order valence-corrected chi connectivity index (χ2v) is 6.29. The third-order valence-corrected chi connectivity index (χ3v) is 4.50. The smallest absolute Gasteiger partial charge is 0.0993 e. The zero-order valence-corrected chi connectivity index (χ0v) is 13.2. The van der Waals surface area contributed by atoms with Crippen LogP contribution in [0.4, 0.5) is 0 Å². The largest absolute Gasteiger partial charge is 0.395 e. The monoisotopic (exact) mass is 303 g/mol. The molecule has 0 saturated carbocycles. The summed E-state index contributed by atoms with van der Waals surface area (Å²) >= 11 is 0. The molecule has 1 heterocycles. The van der Waals surface area contributed by atoms with Crippen LogP contribution in [-0.2, 0) is 0 Å². The standard InChI is InChI=1S/C16H33NO4/c1-2-3-4-5-6-7-8-9-10-13(19)14-16(21)15(20)12(11-18)17-14/h12-21H,2-11H2,1H3/t12-,13-,14-,15-,16-/m1/s1. The number of rotatable bonds is 11. The maximum atomic E-state index is 10.1. The third kappa shape index (κ3) is 6.20. The van der Waals surface area contributed by atoms with Crippen LogP contribution >= 0.6 is 0 Å². The third-order valence-electron chi connectivity index (χ3n) is 4.50. The zero-order chi connectivity index (χ0) is 15.7. The first-order chi connectivity index (χ1) is 10.1. The highest BCUT2D eigenvalue weighted by molar-refractivity contribution is 5.00. The molecule has 0 bridgehead atoms. The Bertz CT molecular complexity index is 265. The number of hydrogen-bond donors (Lipinski definition) is 5. The number of unbranched alkanes of at least 4 members (excludes halogenated alkanes) is 7. The molecule has 0 radical (unpaired) electrons. The van der Waals surface area contributed by atoms with Gasteiger partial charge in [0.2, 0.25) is 0 Å². The molecule has 1 rings (SSSR count). The number of aliphatic hydroxyl groups excluding tert-OH is 4. The van der Waals surface area contributed by atoms with Crippen LogP contribution in [0.2, 0.25) is 0 Å². The average Bonchev–Trinajstić information content (AvgIpc) is 2.77. The van der Waals surface area contributed by atoms with Crippen molar-refractivity contribution in [1.29, 1.82) is 0 Å². The maximum absolute atomic E-state index is 10.1. The molecule has 21 heavy (non-hydrogen) atoms. The summed E-state index contributed by atoms with van der Waals surface area (Å²) < 4.78 is 0. The second-order valence-electron chi connectivity index (χ2n) is 6.29. The van der Waals surface area contributed by atoms with E-state index in [0.717, 1.165) is 12.8 Å². The van der Waals surface area contributed by atoms with Gasteiger partial charge in [-0.2, -0.15) is 0 Å². The molecular weight excluding hydrogens is 270 g/mol. The zero-order valence-electron chi connectivity index (χ0n) is 13.2. The summed E-state index contributed by atoms with van der Waals surface area (Å²) in [5.41, 5.74) is 0. The first-order valence-electron chi connectivity index (χ1n) is 8.53. The summed E-state index contributed by atoms with van der Waals surface area (Å²) in [5, 5.41) is 41.7. The molecule has 5 N–H and O–H groups in total. The minimum atomic E-state index is -1.01. The molecule has 1 saturated heterocycles. The molecule has 5 nitrogen and oxygen atoms in total. The van der Waals surface area contributed by atoms with Crippen LogP contribution in [0.1, 0.15) is 64.7 Å². The van der Waals surface area contributed by atoms with Gasteiger partial charge in [-0.3, -0.25) is 0 Å². The molecule has 0 aromatic heterocycles. The van der Waals surface area contributed by atoms with E-state index >= 15 is 0 Å². The van der Waals surface area contributed by atoms with Crippen molar-refractivity contribution in [3.8, 4) is 0 Å². The summed E-state index contributed by atoms with van der Waals surface area (Å²) in [5.74, 6) is 0. The summed E-state index contributed by atoms with van der Waals surface area (Å²) in [6, 6.07) is -1.08. The second kappa shape index (κ2) is 10.5. The Balaban J connectivity index is 2.10. The van der Waals surface area contributed by atoms with Gasteiger partial charge in [0.15, 0.2) is 0 Å². The van der Waals surface area contributed by atoms with Gasteiger partial charge in [0.25, 0.3) is 0 Å². The molecule has 0 unspecified atom stereocenters. The Hall–Kier alpha value is -0.200. The maximum Gasteiger partial charge on any atom is 0.0993 e. The lowest BCUT2D eigenvalue weighted by atomic mass is 9.98. The van der Waals surface area contributed by atoms with Gasteiger partial charge >= 0.3 is 0 Å². The van der Waals surface area contributed by atoms with Crippen LogP contribution < -0.4 is 5.32 Å². The summed E-state index contributed by atoms with van der Waals surface area (Å²) in [4.78, 5) is 0. The molecule has 0 spiro atoms. The predicted octanol–water partition coefficient (Wildman–Crippen LogP) is 0.933. The molecule has 5 heteroatoms. The molecule has 1 fully saturated rings. The summed E-state index contributed by atoms with van der Waals surface area (Å²) in [7, 11) is 0. The summed E-state index contributed by atoms with van der Waals surface area (Å²) in [6.45, 7) is 1.98. The average molecular weight is 303 g/mol. The Labute approximate surface area is 128 Å². The topological polar surface area (TPSA) is 93.0 Å². The van der Waals surface area contributed by atoms with E-state index in [1.165, 1.54) is 38.5 Å². The quantitative estimate of drug-likeness (QED) is 0.366. The van der Waals surface area contributed by atoms with Crippen molar-refractivity contribution in [1.82, 2.24) is 5.32 Å². The van der Waals surface area contributed by atoms with Crippen molar-refractivity contribution in [2.24, 2.45) is 0 Å². The lowest BCUT2D eigenvalue weighted by Crippen LogP contribution is -2.44. The van der Waals surface area contributed by atoms with Crippen molar-refractivity contribution in [2.45, 2.75) is 95.1 Å². The highest BCUT2D eigenvalue weighted by Gasteiger charge is 2.43. The van der Waals surface area contributed by atoms with Crippen molar-refractivity contribution in [3.05, 3.63) is 0 Å². The fourth-order valence-electron chi connectivity index (χ4n) is 3.06. The lowest BCUT2D eigenvalue weighted by Gasteiger charge is -2.22. The van der Waals surface area contributed by atoms with E-state index in [0.29, 0.717) is 6.42 Å². The van der Waals surface area contributed by atoms with Crippen LogP contribution in [0.3, 0.4) is 0 Å². The molecule has 1 aliphatic heterocycles. The van der Waals surface area contributed by atoms with Gasteiger partial charge in [0.05, 0.1) is 37.0 Å². The van der Waals surface area contributed by atoms with Crippen molar-refractivity contribution >= 4 is 0 Å². The van der Waals surface area contributed by atoms with Gasteiger partial charge < -0.3 is 25.7 Å². The van der Waals surface area contributed by atoms with Crippen LogP contribution in [0, 0.1) is 0 Å². The molecule has 5 atom stereocenters. The Morgan fingerprint density at radius 1 is 0.905 bits per heavy atom. The van der Waals surface area contributed by atoms with Gasteiger partial charge in [0, 0.05) is 0 Å². The predicted molar refractivity (Wildman–Crippen MR) is 83.0 cm³/mol. The Morgan fingerprint density at radius 3 is 2.00 bits per heavy atom. The van der Waals surface area contributed by atoms with Crippen LogP contribution in [0.15, 0.2) is 0 Å². The van der Waals surface area contributed by atoms with Crippen LogP contribution in [0.5, 0.6) is 0 Å². The fraction of sp³-hybridized carbons (Fsp3) is 1.00. The first kappa shape index (κ1) is 18.8. The normalized spacial score (nSPS) is 30.7. The first-order valence-corrected chi connectivity index (χ1v) is 8.53. The van der Waals surface area contributed by atoms with Crippen molar-refractivity contribution in [2.75, 3.05) is 6.61 Å². The molecule has 0 amide bonds. The minimum Gasteiger partial charge on any atom is -0.395 e. The Kier molecular flexibility index (Phi) is 9.44. The van der Waals surface area contributed by atoms with Gasteiger partial charge in [-0.15, -0.1) is 0 Å². The van der Waals surface area contributed by atoms with E-state index < -0.39 is 30.4 Å². The van der Waals surface area contributed by atoms with Crippen molar-refractivity contribution in [3.63, 3.8) is 0 Å². The molecule has 0 aromatic carbocycles. The van der Waals surface area contributed by atoms with E-state index in [-0.39, 0.29) is 6.61 Å². The lowest BCUT2D eigenvalue weighted by molar-refractivity contribution is -0.00443. The van der Waals surface area contributed by atoms with Crippen molar-refractivity contribution < 1.29 is 20.4 Å². The molecule has 0 aromatic rings. The summed E-state index contributed by atoms with van der Waals surface area (Å²) in [6.07, 6.45) is 7.60. The van der Waals surface area contributed by atoms with Crippen LogP contribution in [0.25, 0.3) is 0 Å². The SMILES string of the molecule is CCCCCCCCCC[C@@H](O)[C@H]1N[C@H](CO)[C@@H](O)[C@@H]1O. The molecule has 126 valence electrons. The minimum absolute atomic E-state index is 0.237.